The third-order valence-corrected chi connectivity index (χ3v) is 6.52. The summed E-state index contributed by atoms with van der Waals surface area (Å²) >= 11 is 0. The molecule has 27 heavy (non-hydrogen) atoms. The van der Waals surface area contributed by atoms with Crippen LogP contribution >= 0.6 is 0 Å². The van der Waals surface area contributed by atoms with Gasteiger partial charge >= 0.3 is 0 Å². The number of carbonyl (C=O) groups is 3. The standard InChI is InChI=1S/C22H26N2O3/c1-4-16(20(25)23-19-12(2)6-5-7-13(19)3)24-21(26)17-14-8-9-15(11-10-14)18(17)22(24)27/h5-9,14-18H,4,10-11H2,1-3H3,(H,23,25)/t14-,15-,16-,17-,18+/m0/s1. The Hall–Kier alpha value is -2.43. The quantitative estimate of drug-likeness (QED) is 0.657. The van der Waals surface area contributed by atoms with E-state index >= 15 is 0 Å². The smallest absolute Gasteiger partial charge is 0.247 e. The Morgan fingerprint density at radius 1 is 1.07 bits per heavy atom. The van der Waals surface area contributed by atoms with Gasteiger partial charge in [-0.2, -0.15) is 0 Å². The topological polar surface area (TPSA) is 66.5 Å². The van der Waals surface area contributed by atoms with Gasteiger partial charge in [-0.3, -0.25) is 19.3 Å². The highest BCUT2D eigenvalue weighted by molar-refractivity contribution is 6.10. The molecule has 2 bridgehead atoms. The van der Waals surface area contributed by atoms with E-state index in [1.54, 1.807) is 0 Å². The molecule has 5 heteroatoms. The van der Waals surface area contributed by atoms with Crippen molar-refractivity contribution < 1.29 is 14.4 Å². The fourth-order valence-electron chi connectivity index (χ4n) is 5.11. The summed E-state index contributed by atoms with van der Waals surface area (Å²) in [7, 11) is 0. The first-order valence-electron chi connectivity index (χ1n) is 9.86. The molecule has 1 N–H and O–H groups in total. The Morgan fingerprint density at radius 3 is 2.04 bits per heavy atom. The second kappa shape index (κ2) is 6.63. The van der Waals surface area contributed by atoms with Crippen LogP contribution in [-0.4, -0.2) is 28.7 Å². The van der Waals surface area contributed by atoms with Gasteiger partial charge in [0.2, 0.25) is 17.7 Å². The average Bonchev–Trinajstić information content (AvgIpc) is 2.94. The highest BCUT2D eigenvalue weighted by atomic mass is 16.2. The molecule has 0 unspecified atom stereocenters. The van der Waals surface area contributed by atoms with Crippen LogP contribution in [0.1, 0.15) is 37.3 Å². The second-order valence-corrected chi connectivity index (χ2v) is 8.07. The third kappa shape index (κ3) is 2.71. The lowest BCUT2D eigenvalue weighted by Gasteiger charge is -2.38. The van der Waals surface area contributed by atoms with Gasteiger partial charge < -0.3 is 5.32 Å². The molecule has 3 amide bonds. The van der Waals surface area contributed by atoms with Crippen LogP contribution in [0.15, 0.2) is 30.4 Å². The molecule has 2 fully saturated rings. The van der Waals surface area contributed by atoms with Crippen molar-refractivity contribution in [2.45, 2.75) is 46.1 Å². The van der Waals surface area contributed by atoms with Crippen LogP contribution in [0, 0.1) is 37.5 Å². The molecule has 1 aromatic rings. The van der Waals surface area contributed by atoms with Crippen LogP contribution in [0.3, 0.4) is 0 Å². The monoisotopic (exact) mass is 366 g/mol. The fourth-order valence-corrected chi connectivity index (χ4v) is 5.11. The summed E-state index contributed by atoms with van der Waals surface area (Å²) in [5.74, 6) is -0.872. The number of benzene rings is 1. The zero-order chi connectivity index (χ0) is 19.3. The number of nitrogens with one attached hydrogen (secondary N) is 1. The number of likely N-dealkylation sites (tertiary alicyclic amines) is 1. The van der Waals surface area contributed by atoms with Crippen LogP contribution in [0.4, 0.5) is 5.69 Å². The van der Waals surface area contributed by atoms with Crippen molar-refractivity contribution in [3.8, 4) is 0 Å². The summed E-state index contributed by atoms with van der Waals surface area (Å²) in [6.45, 7) is 5.73. The molecule has 1 saturated heterocycles. The Balaban J connectivity index is 1.60. The van der Waals surface area contributed by atoms with E-state index in [0.29, 0.717) is 6.42 Å². The predicted octanol–water partition coefficient (Wildman–Crippen LogP) is 3.22. The molecule has 5 atom stereocenters. The molecular formula is C22H26N2O3. The van der Waals surface area contributed by atoms with Crippen molar-refractivity contribution in [3.05, 3.63) is 41.5 Å². The Bertz CT molecular complexity index is 792. The number of hydrogen-bond acceptors (Lipinski definition) is 3. The Kier molecular flexibility index (Phi) is 4.41. The van der Waals surface area contributed by atoms with Gasteiger partial charge in [0.25, 0.3) is 0 Å². The second-order valence-electron chi connectivity index (χ2n) is 8.07. The maximum atomic E-state index is 13.1. The zero-order valence-electron chi connectivity index (χ0n) is 16.1. The number of carbonyl (C=O) groups excluding carboxylic acids is 3. The molecule has 1 heterocycles. The van der Waals surface area contributed by atoms with Crippen LogP contribution in [-0.2, 0) is 14.4 Å². The maximum absolute atomic E-state index is 13.1. The molecule has 0 spiro atoms. The van der Waals surface area contributed by atoms with Crippen LogP contribution in [0.2, 0.25) is 0 Å². The van der Waals surface area contributed by atoms with E-state index in [1.807, 2.05) is 39.0 Å². The minimum absolute atomic E-state index is 0.139. The summed E-state index contributed by atoms with van der Waals surface area (Å²) in [6, 6.07) is 5.06. The fraction of sp³-hybridized carbons (Fsp3) is 0.500. The molecule has 0 aromatic heterocycles. The molecule has 3 aliphatic carbocycles. The van der Waals surface area contributed by atoms with E-state index in [4.69, 9.17) is 0 Å². The van der Waals surface area contributed by atoms with Crippen molar-refractivity contribution in [1.29, 1.82) is 0 Å². The molecule has 1 aromatic carbocycles. The van der Waals surface area contributed by atoms with Gasteiger partial charge in [-0.1, -0.05) is 37.3 Å². The van der Waals surface area contributed by atoms with Gasteiger partial charge in [0.1, 0.15) is 6.04 Å². The summed E-state index contributed by atoms with van der Waals surface area (Å²) < 4.78 is 0. The Morgan fingerprint density at radius 2 is 1.59 bits per heavy atom. The highest BCUT2D eigenvalue weighted by Crippen LogP contribution is 2.50. The summed E-state index contributed by atoms with van der Waals surface area (Å²) in [4.78, 5) is 40.6. The van der Waals surface area contributed by atoms with Gasteiger partial charge in [0, 0.05) is 5.69 Å². The number of para-hydroxylation sites is 1. The van der Waals surface area contributed by atoms with Gasteiger partial charge in [-0.15, -0.1) is 0 Å². The van der Waals surface area contributed by atoms with Gasteiger partial charge in [-0.05, 0) is 56.1 Å². The number of amides is 3. The minimum atomic E-state index is -0.756. The van der Waals surface area contributed by atoms with Crippen LogP contribution in [0.5, 0.6) is 0 Å². The number of allylic oxidation sites excluding steroid dienone is 2. The van der Waals surface area contributed by atoms with E-state index in [2.05, 4.69) is 17.5 Å². The lowest BCUT2D eigenvalue weighted by molar-refractivity contribution is -0.146. The zero-order valence-corrected chi connectivity index (χ0v) is 16.1. The molecule has 4 aliphatic rings. The first kappa shape index (κ1) is 18.0. The number of imide groups is 1. The number of rotatable bonds is 4. The van der Waals surface area contributed by atoms with E-state index in [1.165, 1.54) is 4.90 Å². The SMILES string of the molecule is CC[C@@H](C(=O)Nc1c(C)cccc1C)N1C(=O)[C@@H]2[C@H](C1=O)[C@H]1C=C[C@H]2CC1. The molecule has 1 aliphatic heterocycles. The van der Waals surface area contributed by atoms with E-state index in [-0.39, 0.29) is 41.4 Å². The average molecular weight is 366 g/mol. The van der Waals surface area contributed by atoms with E-state index in [0.717, 1.165) is 29.7 Å². The molecule has 0 radical (unpaired) electrons. The number of anilines is 1. The van der Waals surface area contributed by atoms with E-state index in [9.17, 15) is 14.4 Å². The normalized spacial score (nSPS) is 29.8. The van der Waals surface area contributed by atoms with Crippen molar-refractivity contribution >= 4 is 23.4 Å². The summed E-state index contributed by atoms with van der Waals surface area (Å²) in [5.41, 5.74) is 2.69. The highest BCUT2D eigenvalue weighted by Gasteiger charge is 2.58. The first-order valence-corrected chi connectivity index (χ1v) is 9.86. The summed E-state index contributed by atoms with van der Waals surface area (Å²) in [5, 5.41) is 2.97. The van der Waals surface area contributed by atoms with Crippen molar-refractivity contribution in [2.24, 2.45) is 23.7 Å². The van der Waals surface area contributed by atoms with Crippen LogP contribution in [0.25, 0.3) is 0 Å². The predicted molar refractivity (Wildman–Crippen MR) is 103 cm³/mol. The lowest BCUT2D eigenvalue weighted by Crippen LogP contribution is -2.47. The van der Waals surface area contributed by atoms with Gasteiger partial charge in [0.05, 0.1) is 11.8 Å². The van der Waals surface area contributed by atoms with Gasteiger partial charge in [0.15, 0.2) is 0 Å². The number of fused-ring (bicyclic) bond motifs is 1. The molecule has 5 nitrogen and oxygen atoms in total. The molecular weight excluding hydrogens is 340 g/mol. The van der Waals surface area contributed by atoms with E-state index < -0.39 is 6.04 Å². The first-order chi connectivity index (χ1) is 12.9. The number of nitrogens with zero attached hydrogens (tertiary/aromatic N) is 1. The summed E-state index contributed by atoms with van der Waals surface area (Å²) in [6.07, 6.45) is 6.53. The molecule has 1 saturated carbocycles. The van der Waals surface area contributed by atoms with Gasteiger partial charge in [-0.25, -0.2) is 0 Å². The number of hydrogen-bond donors (Lipinski definition) is 1. The Labute approximate surface area is 159 Å². The van der Waals surface area contributed by atoms with Crippen molar-refractivity contribution in [2.75, 3.05) is 5.32 Å². The van der Waals surface area contributed by atoms with Crippen molar-refractivity contribution in [1.82, 2.24) is 4.90 Å². The van der Waals surface area contributed by atoms with Crippen LogP contribution < -0.4 is 5.32 Å². The lowest BCUT2D eigenvalue weighted by atomic mass is 9.63. The minimum Gasteiger partial charge on any atom is -0.324 e. The molecule has 142 valence electrons. The van der Waals surface area contributed by atoms with Crippen molar-refractivity contribution in [3.63, 3.8) is 0 Å². The number of aryl methyl sites for hydroxylation is 2. The maximum Gasteiger partial charge on any atom is 0.247 e. The molecule has 5 rings (SSSR count). The third-order valence-electron chi connectivity index (χ3n) is 6.52. The largest absolute Gasteiger partial charge is 0.324 e.